The van der Waals surface area contributed by atoms with Crippen molar-refractivity contribution in [1.82, 2.24) is 10.2 Å². The van der Waals surface area contributed by atoms with Crippen molar-refractivity contribution in [3.8, 4) is 0 Å². The van der Waals surface area contributed by atoms with Crippen molar-refractivity contribution in [1.29, 1.82) is 0 Å². The highest BCUT2D eigenvalue weighted by molar-refractivity contribution is 7.99. The van der Waals surface area contributed by atoms with Crippen LogP contribution in [0.1, 0.15) is 36.8 Å². The molecule has 2 amide bonds. The number of carbonyl (C=O) groups excluding carboxylic acids is 1. The summed E-state index contributed by atoms with van der Waals surface area (Å²) in [5.74, 6) is 0. The largest absolute Gasteiger partial charge is 0.336 e. The zero-order valence-corrected chi connectivity index (χ0v) is 17.8. The summed E-state index contributed by atoms with van der Waals surface area (Å²) in [7, 11) is 4.06. The number of thioether (sulfide) groups is 1. The quantitative estimate of drug-likeness (QED) is 0.595. The Balaban J connectivity index is 1.93. The molecule has 0 spiro atoms. The Kier molecular flexibility index (Phi) is 8.00. The van der Waals surface area contributed by atoms with Gasteiger partial charge in [-0.05, 0) is 62.6 Å². The van der Waals surface area contributed by atoms with Crippen LogP contribution in [0.5, 0.6) is 0 Å². The fraction of sp³-hybridized carbons (Fsp3) is 0.450. The second kappa shape index (κ2) is 10.00. The molecule has 2 rings (SSSR count). The molecule has 6 heteroatoms. The maximum Gasteiger partial charge on any atom is 0.319 e. The zero-order valence-electron chi connectivity index (χ0n) is 16.2. The van der Waals surface area contributed by atoms with Gasteiger partial charge in [0.2, 0.25) is 0 Å². The first kappa shape index (κ1) is 20.8. The second-order valence-corrected chi connectivity index (χ2v) is 9.13. The predicted molar refractivity (Wildman–Crippen MR) is 115 cm³/mol. The molecule has 0 fully saturated rings. The average Bonchev–Trinajstić information content (AvgIpc) is 3.11. The number of likely N-dealkylation sites (N-methyl/N-ethyl adjacent to an activating group) is 1. The molecule has 2 unspecified atom stereocenters. The van der Waals surface area contributed by atoms with E-state index in [2.05, 4.69) is 53.0 Å². The van der Waals surface area contributed by atoms with E-state index in [9.17, 15) is 4.79 Å². The molecule has 0 saturated heterocycles. The van der Waals surface area contributed by atoms with E-state index in [1.54, 1.807) is 11.3 Å². The lowest BCUT2D eigenvalue weighted by Crippen LogP contribution is -2.36. The Hall–Kier alpha value is -1.50. The third-order valence-corrected chi connectivity index (χ3v) is 6.54. The van der Waals surface area contributed by atoms with E-state index in [1.807, 2.05) is 44.9 Å². The van der Waals surface area contributed by atoms with Crippen LogP contribution in [0.15, 0.2) is 40.6 Å². The topological polar surface area (TPSA) is 44.4 Å². The van der Waals surface area contributed by atoms with Crippen molar-refractivity contribution in [2.45, 2.75) is 43.4 Å². The molecule has 0 aliphatic heterocycles. The maximum absolute atomic E-state index is 12.3. The molecule has 0 saturated carbocycles. The van der Waals surface area contributed by atoms with Crippen LogP contribution in [0, 0.1) is 6.92 Å². The number of carbonyl (C=O) groups is 1. The minimum absolute atomic E-state index is 0.168. The lowest BCUT2D eigenvalue weighted by atomic mass is 10.2. The van der Waals surface area contributed by atoms with Gasteiger partial charge in [0.05, 0.1) is 6.04 Å². The predicted octanol–water partition coefficient (Wildman–Crippen LogP) is 5.37. The molecule has 142 valence electrons. The van der Waals surface area contributed by atoms with Gasteiger partial charge in [-0.3, -0.25) is 0 Å². The number of nitrogens with one attached hydrogen (secondary N) is 2. The number of thiophene rings is 1. The third kappa shape index (κ3) is 6.04. The molecule has 0 bridgehead atoms. The summed E-state index contributed by atoms with van der Waals surface area (Å²) >= 11 is 3.58. The van der Waals surface area contributed by atoms with Crippen molar-refractivity contribution in [3.05, 3.63) is 46.2 Å². The van der Waals surface area contributed by atoms with Gasteiger partial charge in [0.25, 0.3) is 0 Å². The summed E-state index contributed by atoms with van der Waals surface area (Å²) in [4.78, 5) is 16.9. The number of benzene rings is 1. The highest BCUT2D eigenvalue weighted by atomic mass is 32.2. The summed E-state index contributed by atoms with van der Waals surface area (Å²) in [6, 6.07) is 10.4. The lowest BCUT2D eigenvalue weighted by Gasteiger charge is -2.23. The van der Waals surface area contributed by atoms with Crippen LogP contribution >= 0.6 is 23.1 Å². The minimum atomic E-state index is -0.168. The van der Waals surface area contributed by atoms with Gasteiger partial charge in [-0.25, -0.2) is 4.79 Å². The number of aryl methyl sites for hydroxylation is 1. The molecule has 0 aliphatic rings. The van der Waals surface area contributed by atoms with Crippen LogP contribution in [0.4, 0.5) is 10.5 Å². The molecule has 4 nitrogen and oxygen atoms in total. The Labute approximate surface area is 165 Å². The summed E-state index contributed by atoms with van der Waals surface area (Å²) in [5.41, 5.74) is 1.93. The van der Waals surface area contributed by atoms with Crippen molar-refractivity contribution in [3.63, 3.8) is 0 Å². The normalized spacial score (nSPS) is 13.5. The molecule has 26 heavy (non-hydrogen) atoms. The standard InChI is InChI=1S/C20H29N3OS2/c1-6-15(3)26-16-9-10-17(14(2)12-16)22-20(24)21-13-18(23(4)5)19-8-7-11-25-19/h7-12,15,18H,6,13H2,1-5H3,(H2,21,22,24). The third-order valence-electron chi connectivity index (χ3n) is 4.31. The molecule has 2 N–H and O–H groups in total. The summed E-state index contributed by atoms with van der Waals surface area (Å²) in [5, 5.41) is 8.62. The maximum atomic E-state index is 12.3. The number of hydrogen-bond acceptors (Lipinski definition) is 4. The van der Waals surface area contributed by atoms with Crippen LogP contribution < -0.4 is 10.6 Å². The van der Waals surface area contributed by atoms with Gasteiger partial charge < -0.3 is 15.5 Å². The molecule has 1 aromatic carbocycles. The molecule has 2 aromatic rings. The van der Waals surface area contributed by atoms with Crippen LogP contribution in [0.3, 0.4) is 0 Å². The molecule has 1 heterocycles. The van der Waals surface area contributed by atoms with E-state index >= 15 is 0 Å². The van der Waals surface area contributed by atoms with Gasteiger partial charge in [0, 0.05) is 27.3 Å². The fourth-order valence-corrected chi connectivity index (χ4v) is 4.49. The van der Waals surface area contributed by atoms with Gasteiger partial charge in [0.15, 0.2) is 0 Å². The summed E-state index contributed by atoms with van der Waals surface area (Å²) < 4.78 is 0. The van der Waals surface area contributed by atoms with Gasteiger partial charge >= 0.3 is 6.03 Å². The highest BCUT2D eigenvalue weighted by Gasteiger charge is 2.16. The van der Waals surface area contributed by atoms with Crippen LogP contribution in [-0.2, 0) is 0 Å². The lowest BCUT2D eigenvalue weighted by molar-refractivity contribution is 0.244. The first-order valence-corrected chi connectivity index (χ1v) is 10.7. The van der Waals surface area contributed by atoms with E-state index in [4.69, 9.17) is 0 Å². The number of hydrogen-bond donors (Lipinski definition) is 2. The Morgan fingerprint density at radius 1 is 1.31 bits per heavy atom. The fourth-order valence-electron chi connectivity index (χ4n) is 2.54. The van der Waals surface area contributed by atoms with Crippen molar-refractivity contribution >= 4 is 34.8 Å². The molecule has 0 radical (unpaired) electrons. The smallest absolute Gasteiger partial charge is 0.319 e. The minimum Gasteiger partial charge on any atom is -0.336 e. The highest BCUT2D eigenvalue weighted by Crippen LogP contribution is 2.28. The van der Waals surface area contributed by atoms with Crippen molar-refractivity contribution in [2.75, 3.05) is 26.0 Å². The molecule has 0 aliphatic carbocycles. The van der Waals surface area contributed by atoms with Crippen molar-refractivity contribution < 1.29 is 4.79 Å². The molecular formula is C20H29N3OS2. The number of urea groups is 1. The molecule has 2 atom stereocenters. The van der Waals surface area contributed by atoms with Crippen molar-refractivity contribution in [2.24, 2.45) is 0 Å². The Bertz CT molecular complexity index is 701. The van der Waals surface area contributed by atoms with Crippen LogP contribution in [0.25, 0.3) is 0 Å². The van der Waals surface area contributed by atoms with E-state index in [0.29, 0.717) is 11.8 Å². The van der Waals surface area contributed by atoms with Gasteiger partial charge in [0.1, 0.15) is 0 Å². The average molecular weight is 392 g/mol. The van der Waals surface area contributed by atoms with E-state index < -0.39 is 0 Å². The number of nitrogens with zero attached hydrogens (tertiary/aromatic N) is 1. The Morgan fingerprint density at radius 3 is 2.65 bits per heavy atom. The van der Waals surface area contributed by atoms with Crippen LogP contribution in [0.2, 0.25) is 0 Å². The van der Waals surface area contributed by atoms with Gasteiger partial charge in [-0.1, -0.05) is 19.9 Å². The SMILES string of the molecule is CCC(C)Sc1ccc(NC(=O)NCC(c2cccs2)N(C)C)c(C)c1. The zero-order chi connectivity index (χ0) is 19.1. The van der Waals surface area contributed by atoms with Gasteiger partial charge in [-0.2, -0.15) is 0 Å². The first-order chi connectivity index (χ1) is 12.4. The van der Waals surface area contributed by atoms with Crippen LogP contribution in [-0.4, -0.2) is 36.8 Å². The number of amides is 2. The molecular weight excluding hydrogens is 362 g/mol. The Morgan fingerprint density at radius 2 is 2.08 bits per heavy atom. The monoisotopic (exact) mass is 391 g/mol. The van der Waals surface area contributed by atoms with E-state index in [1.165, 1.54) is 9.77 Å². The summed E-state index contributed by atoms with van der Waals surface area (Å²) in [6.07, 6.45) is 1.14. The number of rotatable bonds is 8. The molecule has 1 aromatic heterocycles. The second-order valence-electron chi connectivity index (χ2n) is 6.64. The van der Waals surface area contributed by atoms with Gasteiger partial charge in [-0.15, -0.1) is 23.1 Å². The van der Waals surface area contributed by atoms with E-state index in [0.717, 1.165) is 17.7 Å². The first-order valence-electron chi connectivity index (χ1n) is 8.92. The van der Waals surface area contributed by atoms with E-state index in [-0.39, 0.29) is 12.1 Å². The number of anilines is 1. The summed E-state index contributed by atoms with van der Waals surface area (Å²) in [6.45, 7) is 7.03.